The summed E-state index contributed by atoms with van der Waals surface area (Å²) in [6.45, 7) is 0. The number of nitrogens with zero attached hydrogens (tertiary/aromatic N) is 1. The van der Waals surface area contributed by atoms with Gasteiger partial charge < -0.3 is 9.47 Å². The van der Waals surface area contributed by atoms with Crippen LogP contribution in [-0.4, -0.2) is 31.1 Å². The number of halogens is 1. The monoisotopic (exact) mass is 327 g/mol. The van der Waals surface area contributed by atoms with Crippen LogP contribution in [0.2, 0.25) is 0 Å². The zero-order valence-electron chi connectivity index (χ0n) is 10.7. The summed E-state index contributed by atoms with van der Waals surface area (Å²) in [5.74, 6) is -1.12. The first-order valence-electron chi connectivity index (χ1n) is 5.77. The van der Waals surface area contributed by atoms with Crippen LogP contribution < -0.4 is 0 Å². The standard InChI is InChI=1S/C13H14BrNO4/c1-18-11(16)13(12(17)19-2)4-8-3-10(6-14)15-7-9(8)5-13/h3,7H,4-6H2,1-2H3. The Kier molecular flexibility index (Phi) is 3.89. The van der Waals surface area contributed by atoms with Gasteiger partial charge in [0.2, 0.25) is 0 Å². The van der Waals surface area contributed by atoms with Gasteiger partial charge in [-0.25, -0.2) is 0 Å². The second kappa shape index (κ2) is 5.28. The van der Waals surface area contributed by atoms with Crippen molar-refractivity contribution in [3.05, 3.63) is 29.1 Å². The van der Waals surface area contributed by atoms with E-state index in [2.05, 4.69) is 20.9 Å². The molecule has 6 heteroatoms. The Labute approximate surface area is 119 Å². The van der Waals surface area contributed by atoms with Crippen LogP contribution in [0.15, 0.2) is 12.3 Å². The second-order valence-corrected chi connectivity index (χ2v) is 5.06. The molecular weight excluding hydrogens is 314 g/mol. The van der Waals surface area contributed by atoms with Crippen LogP contribution in [0, 0.1) is 5.41 Å². The second-order valence-electron chi connectivity index (χ2n) is 4.50. The number of alkyl halides is 1. The van der Waals surface area contributed by atoms with E-state index in [1.165, 1.54) is 14.2 Å². The van der Waals surface area contributed by atoms with Crippen LogP contribution >= 0.6 is 15.9 Å². The molecule has 0 N–H and O–H groups in total. The Morgan fingerprint density at radius 3 is 2.37 bits per heavy atom. The highest BCUT2D eigenvalue weighted by Gasteiger charge is 2.52. The fraction of sp³-hybridized carbons (Fsp3) is 0.462. The molecule has 0 saturated heterocycles. The van der Waals surface area contributed by atoms with Gasteiger partial charge in [0.15, 0.2) is 5.41 Å². The van der Waals surface area contributed by atoms with E-state index < -0.39 is 17.4 Å². The minimum absolute atomic E-state index is 0.275. The third-order valence-electron chi connectivity index (χ3n) is 3.41. The Bertz CT molecular complexity index is 513. The van der Waals surface area contributed by atoms with Crippen molar-refractivity contribution in [1.82, 2.24) is 4.98 Å². The van der Waals surface area contributed by atoms with Gasteiger partial charge in [-0.05, 0) is 23.6 Å². The van der Waals surface area contributed by atoms with E-state index in [1.807, 2.05) is 6.07 Å². The van der Waals surface area contributed by atoms with Gasteiger partial charge >= 0.3 is 11.9 Å². The van der Waals surface area contributed by atoms with Gasteiger partial charge in [0.1, 0.15) is 0 Å². The molecule has 1 aliphatic carbocycles. The lowest BCUT2D eigenvalue weighted by molar-refractivity contribution is -0.168. The molecule has 0 atom stereocenters. The maximum absolute atomic E-state index is 12.0. The van der Waals surface area contributed by atoms with E-state index >= 15 is 0 Å². The van der Waals surface area contributed by atoms with Crippen LogP contribution in [0.25, 0.3) is 0 Å². The van der Waals surface area contributed by atoms with Crippen molar-refractivity contribution in [3.63, 3.8) is 0 Å². The zero-order chi connectivity index (χ0) is 14.0. The number of esters is 2. The van der Waals surface area contributed by atoms with Crippen molar-refractivity contribution >= 4 is 27.9 Å². The van der Waals surface area contributed by atoms with Gasteiger partial charge in [-0.2, -0.15) is 0 Å². The lowest BCUT2D eigenvalue weighted by atomic mass is 9.85. The molecule has 0 amide bonds. The van der Waals surface area contributed by atoms with E-state index in [1.54, 1.807) is 6.20 Å². The average Bonchev–Trinajstić information content (AvgIpc) is 2.84. The fourth-order valence-corrected chi connectivity index (χ4v) is 2.75. The van der Waals surface area contributed by atoms with E-state index in [9.17, 15) is 9.59 Å². The average molecular weight is 328 g/mol. The van der Waals surface area contributed by atoms with Gasteiger partial charge in [-0.1, -0.05) is 15.9 Å². The van der Waals surface area contributed by atoms with E-state index in [4.69, 9.17) is 9.47 Å². The molecule has 0 aromatic carbocycles. The Morgan fingerprint density at radius 1 is 1.26 bits per heavy atom. The predicted octanol–water partition coefficient (Wildman–Crippen LogP) is 1.41. The van der Waals surface area contributed by atoms with Crippen molar-refractivity contribution in [2.75, 3.05) is 14.2 Å². The number of methoxy groups -OCH3 is 2. The van der Waals surface area contributed by atoms with E-state index in [0.29, 0.717) is 11.8 Å². The Hall–Kier alpha value is -1.43. The fourth-order valence-electron chi connectivity index (χ4n) is 2.45. The molecule has 5 nitrogen and oxygen atoms in total. The summed E-state index contributed by atoms with van der Waals surface area (Å²) in [5, 5.41) is 0.629. The molecule has 19 heavy (non-hydrogen) atoms. The molecule has 0 saturated carbocycles. The largest absolute Gasteiger partial charge is 0.468 e. The molecule has 1 heterocycles. The van der Waals surface area contributed by atoms with Gasteiger partial charge in [0.25, 0.3) is 0 Å². The third-order valence-corrected chi connectivity index (χ3v) is 3.99. The summed E-state index contributed by atoms with van der Waals surface area (Å²) >= 11 is 3.33. The number of hydrogen-bond acceptors (Lipinski definition) is 5. The number of carbonyl (C=O) groups is 2. The number of pyridine rings is 1. The highest BCUT2D eigenvalue weighted by molar-refractivity contribution is 9.08. The molecular formula is C13H14BrNO4. The minimum atomic E-state index is -1.27. The number of ether oxygens (including phenoxy) is 2. The molecule has 0 radical (unpaired) electrons. The molecule has 1 aromatic heterocycles. The molecule has 0 aliphatic heterocycles. The summed E-state index contributed by atoms with van der Waals surface area (Å²) < 4.78 is 9.56. The van der Waals surface area contributed by atoms with Crippen LogP contribution in [-0.2, 0) is 37.2 Å². The lowest BCUT2D eigenvalue weighted by Crippen LogP contribution is -2.42. The normalized spacial score (nSPS) is 15.7. The first kappa shape index (κ1) is 14.0. The summed E-state index contributed by atoms with van der Waals surface area (Å²) in [7, 11) is 2.55. The van der Waals surface area contributed by atoms with Crippen LogP contribution in [0.3, 0.4) is 0 Å². The topological polar surface area (TPSA) is 65.5 Å². The highest BCUT2D eigenvalue weighted by Crippen LogP contribution is 2.39. The van der Waals surface area contributed by atoms with Gasteiger partial charge in [-0.15, -0.1) is 0 Å². The number of carbonyl (C=O) groups excluding carboxylic acids is 2. The van der Waals surface area contributed by atoms with Crippen LogP contribution in [0.5, 0.6) is 0 Å². The van der Waals surface area contributed by atoms with Crippen molar-refractivity contribution in [3.8, 4) is 0 Å². The van der Waals surface area contributed by atoms with Crippen molar-refractivity contribution in [2.45, 2.75) is 18.2 Å². The molecule has 1 aromatic rings. The minimum Gasteiger partial charge on any atom is -0.468 e. The SMILES string of the molecule is COC(=O)C1(C(=O)OC)Cc2cnc(CBr)cc2C1. The predicted molar refractivity (Wildman–Crippen MR) is 70.7 cm³/mol. The summed E-state index contributed by atoms with van der Waals surface area (Å²) in [5.41, 5.74) is 1.43. The van der Waals surface area contributed by atoms with Gasteiger partial charge in [-0.3, -0.25) is 14.6 Å². The number of hydrogen-bond donors (Lipinski definition) is 0. The van der Waals surface area contributed by atoms with Gasteiger partial charge in [0, 0.05) is 17.9 Å². The van der Waals surface area contributed by atoms with E-state index in [-0.39, 0.29) is 6.42 Å². The van der Waals surface area contributed by atoms with Crippen molar-refractivity contribution in [1.29, 1.82) is 0 Å². The maximum Gasteiger partial charge on any atom is 0.323 e. The summed E-state index contributed by atoms with van der Waals surface area (Å²) in [6.07, 6.45) is 2.28. The van der Waals surface area contributed by atoms with Crippen molar-refractivity contribution < 1.29 is 19.1 Å². The molecule has 102 valence electrons. The van der Waals surface area contributed by atoms with Gasteiger partial charge in [0.05, 0.1) is 19.9 Å². The molecule has 0 bridgehead atoms. The molecule has 0 fully saturated rings. The quantitative estimate of drug-likeness (QED) is 0.477. The maximum atomic E-state index is 12.0. The first-order valence-corrected chi connectivity index (χ1v) is 6.89. The molecule has 0 spiro atoms. The molecule has 0 unspecified atom stereocenters. The number of fused-ring (bicyclic) bond motifs is 1. The zero-order valence-corrected chi connectivity index (χ0v) is 12.3. The van der Waals surface area contributed by atoms with Crippen LogP contribution in [0.4, 0.5) is 0 Å². The lowest BCUT2D eigenvalue weighted by Gasteiger charge is -2.22. The van der Waals surface area contributed by atoms with E-state index in [0.717, 1.165) is 16.8 Å². The van der Waals surface area contributed by atoms with Crippen molar-refractivity contribution in [2.24, 2.45) is 5.41 Å². The molecule has 2 rings (SSSR count). The third kappa shape index (κ3) is 2.25. The number of rotatable bonds is 3. The first-order chi connectivity index (χ1) is 9.07. The Morgan fingerprint density at radius 2 is 1.84 bits per heavy atom. The Balaban J connectivity index is 2.41. The summed E-state index contributed by atoms with van der Waals surface area (Å²) in [4.78, 5) is 28.3. The summed E-state index contributed by atoms with van der Waals surface area (Å²) in [6, 6.07) is 1.90. The number of aromatic nitrogens is 1. The smallest absolute Gasteiger partial charge is 0.323 e. The molecule has 1 aliphatic rings. The van der Waals surface area contributed by atoms with Crippen LogP contribution in [0.1, 0.15) is 16.8 Å². The highest BCUT2D eigenvalue weighted by atomic mass is 79.9.